The molecule has 0 aromatic rings. The second-order valence-electron chi connectivity index (χ2n) is 9.72. The van der Waals surface area contributed by atoms with Crippen LogP contribution in [0.5, 0.6) is 0 Å². The van der Waals surface area contributed by atoms with Crippen molar-refractivity contribution in [2.24, 2.45) is 11.3 Å². The molecule has 26 heavy (non-hydrogen) atoms. The van der Waals surface area contributed by atoms with Crippen molar-refractivity contribution in [2.45, 2.75) is 121 Å². The third kappa shape index (κ3) is 5.24. The fourth-order valence-corrected chi connectivity index (χ4v) is 6.54. The van der Waals surface area contributed by atoms with Crippen LogP contribution in [-0.2, 0) is 4.79 Å². The van der Waals surface area contributed by atoms with Gasteiger partial charge in [-0.05, 0) is 62.8 Å². The molecule has 2 spiro atoms. The average molecular weight is 364 g/mol. The van der Waals surface area contributed by atoms with E-state index < -0.39 is 5.97 Å². The minimum atomic E-state index is -0.606. The van der Waals surface area contributed by atoms with Gasteiger partial charge in [0, 0.05) is 12.0 Å². The molecule has 0 aromatic heterocycles. The van der Waals surface area contributed by atoms with Gasteiger partial charge in [0.15, 0.2) is 0 Å². The lowest BCUT2D eigenvalue weighted by Crippen LogP contribution is -2.47. The normalized spacial score (nSPS) is 33.6. The lowest BCUT2D eigenvalue weighted by Gasteiger charge is -2.39. The minimum Gasteiger partial charge on any atom is -0.481 e. The van der Waals surface area contributed by atoms with Crippen LogP contribution in [0.3, 0.4) is 0 Å². The summed E-state index contributed by atoms with van der Waals surface area (Å²) in [5, 5.41) is 13.2. The second kappa shape index (κ2) is 9.57. The standard InChI is InChI=1S/C23H41NO2/c25-21(26)13-12-20-18-23(16-10-11-17-24-23)19-22(20)14-8-6-4-2-1-3-5-7-9-15-22/h20,24H,1-19H2,(H,25,26). The van der Waals surface area contributed by atoms with Crippen LogP contribution in [0.1, 0.15) is 116 Å². The summed E-state index contributed by atoms with van der Waals surface area (Å²) in [6, 6.07) is 0. The largest absolute Gasteiger partial charge is 0.481 e. The number of piperidine rings is 1. The summed E-state index contributed by atoms with van der Waals surface area (Å²) in [6.07, 6.45) is 23.1. The summed E-state index contributed by atoms with van der Waals surface area (Å²) in [6.45, 7) is 1.17. The van der Waals surface area contributed by atoms with Gasteiger partial charge in [-0.1, -0.05) is 64.2 Å². The zero-order chi connectivity index (χ0) is 18.3. The van der Waals surface area contributed by atoms with Crippen LogP contribution in [0, 0.1) is 11.3 Å². The summed E-state index contributed by atoms with van der Waals surface area (Å²) in [5.41, 5.74) is 0.747. The minimum absolute atomic E-state index is 0.332. The van der Waals surface area contributed by atoms with Gasteiger partial charge in [0.05, 0.1) is 0 Å². The predicted octanol–water partition coefficient (Wildman–Crippen LogP) is 6.06. The Morgan fingerprint density at radius 1 is 0.846 bits per heavy atom. The second-order valence-corrected chi connectivity index (χ2v) is 9.72. The Balaban J connectivity index is 1.74. The van der Waals surface area contributed by atoms with Crippen LogP contribution < -0.4 is 5.32 Å². The maximum absolute atomic E-state index is 11.3. The van der Waals surface area contributed by atoms with Crippen LogP contribution in [0.15, 0.2) is 0 Å². The van der Waals surface area contributed by atoms with Crippen molar-refractivity contribution in [1.29, 1.82) is 0 Å². The maximum Gasteiger partial charge on any atom is 0.303 e. The quantitative estimate of drug-likeness (QED) is 0.640. The van der Waals surface area contributed by atoms with Crippen molar-refractivity contribution in [3.63, 3.8) is 0 Å². The van der Waals surface area contributed by atoms with E-state index in [4.69, 9.17) is 0 Å². The Bertz CT molecular complexity index is 429. The molecule has 2 atom stereocenters. The summed E-state index contributed by atoms with van der Waals surface area (Å²) >= 11 is 0. The molecular formula is C23H41NO2. The molecule has 2 unspecified atom stereocenters. The van der Waals surface area contributed by atoms with Gasteiger partial charge < -0.3 is 10.4 Å². The monoisotopic (exact) mass is 363 g/mol. The van der Waals surface area contributed by atoms with Gasteiger partial charge in [-0.2, -0.15) is 0 Å². The van der Waals surface area contributed by atoms with Crippen LogP contribution in [0.2, 0.25) is 0 Å². The van der Waals surface area contributed by atoms with Gasteiger partial charge in [0.25, 0.3) is 0 Å². The Morgan fingerprint density at radius 3 is 1.96 bits per heavy atom. The van der Waals surface area contributed by atoms with E-state index in [1.807, 2.05) is 0 Å². The molecule has 0 radical (unpaired) electrons. The zero-order valence-electron chi connectivity index (χ0n) is 16.9. The molecule has 3 nitrogen and oxygen atoms in total. The fraction of sp³-hybridized carbons (Fsp3) is 0.957. The van der Waals surface area contributed by atoms with E-state index in [2.05, 4.69) is 5.32 Å². The van der Waals surface area contributed by atoms with E-state index >= 15 is 0 Å². The first kappa shape index (κ1) is 20.2. The summed E-state index contributed by atoms with van der Waals surface area (Å²) in [7, 11) is 0. The van der Waals surface area contributed by atoms with E-state index in [1.165, 1.54) is 109 Å². The fourth-order valence-electron chi connectivity index (χ4n) is 6.54. The average Bonchev–Trinajstić information content (AvgIpc) is 2.90. The third-order valence-electron chi connectivity index (χ3n) is 7.83. The molecule has 3 aliphatic rings. The van der Waals surface area contributed by atoms with Crippen LogP contribution in [0.25, 0.3) is 0 Å². The number of hydrogen-bond donors (Lipinski definition) is 2. The first-order valence-corrected chi connectivity index (χ1v) is 11.6. The van der Waals surface area contributed by atoms with Gasteiger partial charge in [0.1, 0.15) is 0 Å². The van der Waals surface area contributed by atoms with E-state index in [9.17, 15) is 9.90 Å². The molecule has 1 heterocycles. The molecule has 3 rings (SSSR count). The number of carbonyl (C=O) groups is 1. The molecular weight excluding hydrogens is 322 g/mol. The van der Waals surface area contributed by atoms with E-state index in [0.29, 0.717) is 23.3 Å². The van der Waals surface area contributed by atoms with Gasteiger partial charge >= 0.3 is 5.97 Å². The lowest BCUT2D eigenvalue weighted by molar-refractivity contribution is -0.137. The van der Waals surface area contributed by atoms with Gasteiger partial charge in [-0.15, -0.1) is 0 Å². The Morgan fingerprint density at radius 2 is 1.42 bits per heavy atom. The molecule has 3 fully saturated rings. The molecule has 2 aliphatic carbocycles. The summed E-state index contributed by atoms with van der Waals surface area (Å²) < 4.78 is 0. The molecule has 1 saturated heterocycles. The molecule has 2 saturated carbocycles. The van der Waals surface area contributed by atoms with E-state index in [-0.39, 0.29) is 0 Å². The highest BCUT2D eigenvalue weighted by Crippen LogP contribution is 2.58. The molecule has 0 aromatic carbocycles. The van der Waals surface area contributed by atoms with Gasteiger partial charge in [-0.3, -0.25) is 4.79 Å². The molecule has 1 aliphatic heterocycles. The van der Waals surface area contributed by atoms with E-state index in [1.54, 1.807) is 0 Å². The third-order valence-corrected chi connectivity index (χ3v) is 7.83. The Kier molecular flexibility index (Phi) is 7.43. The number of aliphatic carboxylic acids is 1. The summed E-state index contributed by atoms with van der Waals surface area (Å²) in [5.74, 6) is 0.0120. The number of carboxylic acids is 1. The van der Waals surface area contributed by atoms with Gasteiger partial charge in [-0.25, -0.2) is 0 Å². The predicted molar refractivity (Wildman–Crippen MR) is 107 cm³/mol. The number of nitrogens with one attached hydrogen (secondary N) is 1. The van der Waals surface area contributed by atoms with Crippen molar-refractivity contribution in [1.82, 2.24) is 5.32 Å². The highest BCUT2D eigenvalue weighted by atomic mass is 16.4. The maximum atomic E-state index is 11.3. The highest BCUT2D eigenvalue weighted by Gasteiger charge is 2.53. The van der Waals surface area contributed by atoms with E-state index in [0.717, 1.165) is 6.42 Å². The molecule has 0 amide bonds. The first-order valence-electron chi connectivity index (χ1n) is 11.6. The SMILES string of the molecule is O=C(O)CCC1CC2(CCCCN2)CC12CCCCCCCCCCC2. The highest BCUT2D eigenvalue weighted by molar-refractivity contribution is 5.66. The van der Waals surface area contributed by atoms with Crippen molar-refractivity contribution in [3.05, 3.63) is 0 Å². The summed E-state index contributed by atoms with van der Waals surface area (Å²) in [4.78, 5) is 11.3. The zero-order valence-corrected chi connectivity index (χ0v) is 16.9. The molecule has 3 heteroatoms. The Labute approximate surface area is 160 Å². The molecule has 0 bridgehead atoms. The molecule has 150 valence electrons. The van der Waals surface area contributed by atoms with Crippen LogP contribution in [0.4, 0.5) is 0 Å². The Hall–Kier alpha value is -0.570. The molecule has 2 N–H and O–H groups in total. The van der Waals surface area contributed by atoms with Gasteiger partial charge in [0.2, 0.25) is 0 Å². The van der Waals surface area contributed by atoms with Crippen molar-refractivity contribution >= 4 is 5.97 Å². The van der Waals surface area contributed by atoms with Crippen molar-refractivity contribution in [3.8, 4) is 0 Å². The number of carboxylic acid groups (broad SMARTS) is 1. The number of hydrogen-bond acceptors (Lipinski definition) is 2. The number of rotatable bonds is 3. The van der Waals surface area contributed by atoms with Crippen molar-refractivity contribution in [2.75, 3.05) is 6.54 Å². The van der Waals surface area contributed by atoms with Crippen LogP contribution in [-0.4, -0.2) is 23.2 Å². The van der Waals surface area contributed by atoms with Crippen LogP contribution >= 0.6 is 0 Å². The smallest absolute Gasteiger partial charge is 0.303 e. The topological polar surface area (TPSA) is 49.3 Å². The first-order chi connectivity index (χ1) is 12.6. The lowest BCUT2D eigenvalue weighted by atomic mass is 9.68. The van der Waals surface area contributed by atoms with Crippen molar-refractivity contribution < 1.29 is 9.90 Å².